The SMILES string of the molecule is COc1ccc(-c2cc(N3CCC(C(=O)N4CCN(c5ccc(F)c(Cl)c5)CC4)CC3)ncn2)cc1. The van der Waals surface area contributed by atoms with Crippen LogP contribution >= 0.6 is 11.6 Å². The van der Waals surface area contributed by atoms with Crippen LogP contribution in [0.1, 0.15) is 12.8 Å². The Morgan fingerprint density at radius 1 is 0.944 bits per heavy atom. The minimum absolute atomic E-state index is 0.0240. The van der Waals surface area contributed by atoms with Gasteiger partial charge >= 0.3 is 0 Å². The first-order chi connectivity index (χ1) is 17.5. The normalized spacial score (nSPS) is 16.8. The lowest BCUT2D eigenvalue weighted by Gasteiger charge is -2.39. The topological polar surface area (TPSA) is 61.8 Å². The van der Waals surface area contributed by atoms with Gasteiger partial charge in [0, 0.05) is 62.5 Å². The summed E-state index contributed by atoms with van der Waals surface area (Å²) >= 11 is 5.94. The van der Waals surface area contributed by atoms with Crippen molar-refractivity contribution in [2.24, 2.45) is 5.92 Å². The third-order valence-corrected chi connectivity index (χ3v) is 7.36. The molecular weight excluding hydrogens is 481 g/mol. The summed E-state index contributed by atoms with van der Waals surface area (Å²) in [5.41, 5.74) is 2.76. The number of carbonyl (C=O) groups excluding carboxylic acids is 1. The second-order valence-corrected chi connectivity index (χ2v) is 9.57. The average Bonchev–Trinajstić information content (AvgIpc) is 2.94. The number of rotatable bonds is 5. The molecule has 2 aliphatic heterocycles. The summed E-state index contributed by atoms with van der Waals surface area (Å²) in [4.78, 5) is 28.5. The first-order valence-corrected chi connectivity index (χ1v) is 12.6. The lowest BCUT2D eigenvalue weighted by molar-refractivity contribution is -0.136. The number of benzene rings is 2. The van der Waals surface area contributed by atoms with Gasteiger partial charge in [0.15, 0.2) is 0 Å². The van der Waals surface area contributed by atoms with E-state index in [1.54, 1.807) is 25.6 Å². The van der Waals surface area contributed by atoms with Gasteiger partial charge < -0.3 is 19.4 Å². The number of hydrogen-bond donors (Lipinski definition) is 0. The van der Waals surface area contributed by atoms with Crippen molar-refractivity contribution < 1.29 is 13.9 Å². The molecule has 2 fully saturated rings. The number of nitrogens with zero attached hydrogens (tertiary/aromatic N) is 5. The summed E-state index contributed by atoms with van der Waals surface area (Å²) in [6.07, 6.45) is 3.20. The number of aromatic nitrogens is 2. The number of piperidine rings is 1. The molecule has 0 N–H and O–H groups in total. The summed E-state index contributed by atoms with van der Waals surface area (Å²) in [6.45, 7) is 4.30. The molecule has 2 aromatic carbocycles. The summed E-state index contributed by atoms with van der Waals surface area (Å²) in [7, 11) is 1.65. The number of carbonyl (C=O) groups is 1. The second-order valence-electron chi connectivity index (χ2n) is 9.16. The number of halogens is 2. The van der Waals surface area contributed by atoms with Gasteiger partial charge in [-0.25, -0.2) is 14.4 Å². The highest BCUT2D eigenvalue weighted by Crippen LogP contribution is 2.28. The fourth-order valence-electron chi connectivity index (χ4n) is 4.92. The van der Waals surface area contributed by atoms with Crippen molar-refractivity contribution in [1.82, 2.24) is 14.9 Å². The maximum Gasteiger partial charge on any atom is 0.225 e. The Kier molecular flexibility index (Phi) is 7.23. The summed E-state index contributed by atoms with van der Waals surface area (Å²) in [5.74, 6) is 1.53. The Morgan fingerprint density at radius 3 is 2.33 bits per heavy atom. The highest BCUT2D eigenvalue weighted by Gasteiger charge is 2.31. The van der Waals surface area contributed by atoms with Crippen molar-refractivity contribution in [3.63, 3.8) is 0 Å². The smallest absolute Gasteiger partial charge is 0.225 e. The number of hydrogen-bond acceptors (Lipinski definition) is 6. The lowest BCUT2D eigenvalue weighted by atomic mass is 9.95. The average molecular weight is 510 g/mol. The van der Waals surface area contributed by atoms with Crippen molar-refractivity contribution >= 4 is 29.0 Å². The third kappa shape index (κ3) is 5.23. The van der Waals surface area contributed by atoms with Crippen LogP contribution in [0.3, 0.4) is 0 Å². The van der Waals surface area contributed by atoms with Gasteiger partial charge in [-0.2, -0.15) is 0 Å². The maximum absolute atomic E-state index is 13.5. The highest BCUT2D eigenvalue weighted by molar-refractivity contribution is 6.31. The van der Waals surface area contributed by atoms with Crippen molar-refractivity contribution in [3.05, 3.63) is 65.7 Å². The van der Waals surface area contributed by atoms with Gasteiger partial charge in [-0.05, 0) is 55.3 Å². The monoisotopic (exact) mass is 509 g/mol. The molecular formula is C27H29ClFN5O2. The Hall–Kier alpha value is -3.39. The zero-order valence-corrected chi connectivity index (χ0v) is 21.0. The predicted octanol–water partition coefficient (Wildman–Crippen LogP) is 4.51. The van der Waals surface area contributed by atoms with Crippen LogP contribution in [0, 0.1) is 11.7 Å². The van der Waals surface area contributed by atoms with Crippen LogP contribution in [0.15, 0.2) is 54.9 Å². The van der Waals surface area contributed by atoms with Gasteiger partial charge in [0.25, 0.3) is 0 Å². The van der Waals surface area contributed by atoms with E-state index in [2.05, 4.69) is 19.8 Å². The quantitative estimate of drug-likeness (QED) is 0.504. The Morgan fingerprint density at radius 2 is 1.67 bits per heavy atom. The molecule has 9 heteroatoms. The highest BCUT2D eigenvalue weighted by atomic mass is 35.5. The van der Waals surface area contributed by atoms with Crippen LogP contribution in [0.25, 0.3) is 11.3 Å². The third-order valence-electron chi connectivity index (χ3n) is 7.07. The first-order valence-electron chi connectivity index (χ1n) is 12.2. The molecule has 2 aliphatic rings. The van der Waals surface area contributed by atoms with Crippen molar-refractivity contribution in [1.29, 1.82) is 0 Å². The molecule has 0 bridgehead atoms. The van der Waals surface area contributed by atoms with Gasteiger partial charge in [0.2, 0.25) is 5.91 Å². The number of amides is 1. The van der Waals surface area contributed by atoms with Crippen molar-refractivity contribution in [3.8, 4) is 17.0 Å². The standard InChI is InChI=1S/C27H29ClFN5O2/c1-36-22-5-2-19(3-6-22)25-17-26(31-18-30-25)33-10-8-20(9-11-33)27(35)34-14-12-32(13-15-34)21-4-7-24(29)23(28)16-21/h2-7,16-18,20H,8-15H2,1H3. The number of anilines is 2. The fourth-order valence-corrected chi connectivity index (χ4v) is 5.09. The van der Waals surface area contributed by atoms with Crippen molar-refractivity contribution in [2.45, 2.75) is 12.8 Å². The van der Waals surface area contributed by atoms with Crippen LogP contribution < -0.4 is 14.5 Å². The zero-order chi connectivity index (χ0) is 25.1. The van der Waals surface area contributed by atoms with E-state index in [0.29, 0.717) is 26.2 Å². The molecule has 3 heterocycles. The van der Waals surface area contributed by atoms with Crippen LogP contribution in [-0.4, -0.2) is 67.2 Å². The molecule has 0 saturated carbocycles. The zero-order valence-electron chi connectivity index (χ0n) is 20.2. The van der Waals surface area contributed by atoms with E-state index in [4.69, 9.17) is 16.3 Å². The summed E-state index contributed by atoms with van der Waals surface area (Å²) in [5, 5.41) is 0.123. The molecule has 0 radical (unpaired) electrons. The maximum atomic E-state index is 13.5. The van der Waals surface area contributed by atoms with E-state index >= 15 is 0 Å². The van der Waals surface area contributed by atoms with Crippen LogP contribution in [0.2, 0.25) is 5.02 Å². The largest absolute Gasteiger partial charge is 0.497 e. The Bertz CT molecular complexity index is 1210. The van der Waals surface area contributed by atoms with Crippen LogP contribution in [0.5, 0.6) is 5.75 Å². The van der Waals surface area contributed by atoms with Crippen molar-refractivity contribution in [2.75, 3.05) is 56.2 Å². The van der Waals surface area contributed by atoms with E-state index in [1.165, 1.54) is 6.07 Å². The molecule has 0 aliphatic carbocycles. The van der Waals surface area contributed by atoms with Gasteiger partial charge in [-0.1, -0.05) is 11.6 Å². The lowest BCUT2D eigenvalue weighted by Crippen LogP contribution is -2.51. The molecule has 36 heavy (non-hydrogen) atoms. The molecule has 0 spiro atoms. The van der Waals surface area contributed by atoms with E-state index < -0.39 is 5.82 Å². The molecule has 188 valence electrons. The second kappa shape index (κ2) is 10.7. The fraction of sp³-hybridized carbons (Fsp3) is 0.370. The van der Waals surface area contributed by atoms with E-state index in [1.807, 2.05) is 35.2 Å². The van der Waals surface area contributed by atoms with Crippen LogP contribution in [0.4, 0.5) is 15.9 Å². The molecule has 0 unspecified atom stereocenters. The number of methoxy groups -OCH3 is 1. The molecule has 5 rings (SSSR count). The molecule has 2 saturated heterocycles. The van der Waals surface area contributed by atoms with Gasteiger partial charge in [-0.15, -0.1) is 0 Å². The Balaban J connectivity index is 1.15. The molecule has 1 aromatic heterocycles. The summed E-state index contributed by atoms with van der Waals surface area (Å²) < 4.78 is 18.7. The number of piperazine rings is 1. The molecule has 1 amide bonds. The number of ether oxygens (including phenoxy) is 1. The van der Waals surface area contributed by atoms with Gasteiger partial charge in [0.05, 0.1) is 17.8 Å². The minimum atomic E-state index is -0.417. The van der Waals surface area contributed by atoms with Gasteiger partial charge in [0.1, 0.15) is 23.7 Å². The first kappa shape index (κ1) is 24.3. The van der Waals surface area contributed by atoms with E-state index in [-0.39, 0.29) is 16.8 Å². The van der Waals surface area contributed by atoms with Crippen LogP contribution in [-0.2, 0) is 4.79 Å². The van der Waals surface area contributed by atoms with E-state index in [9.17, 15) is 9.18 Å². The molecule has 7 nitrogen and oxygen atoms in total. The van der Waals surface area contributed by atoms with E-state index in [0.717, 1.165) is 54.4 Å². The Labute approximate surface area is 215 Å². The molecule has 3 aromatic rings. The predicted molar refractivity (Wildman–Crippen MR) is 139 cm³/mol. The minimum Gasteiger partial charge on any atom is -0.497 e. The summed E-state index contributed by atoms with van der Waals surface area (Å²) in [6, 6.07) is 14.6. The van der Waals surface area contributed by atoms with Gasteiger partial charge in [-0.3, -0.25) is 4.79 Å². The molecule has 0 atom stereocenters.